The van der Waals surface area contributed by atoms with E-state index in [1.165, 1.54) is 9.80 Å². The van der Waals surface area contributed by atoms with Crippen molar-refractivity contribution in [3.05, 3.63) is 29.8 Å². The van der Waals surface area contributed by atoms with Gasteiger partial charge in [-0.25, -0.2) is 4.79 Å². The topological polar surface area (TPSA) is 49.9 Å². The lowest BCUT2D eigenvalue weighted by Gasteiger charge is -2.19. The summed E-state index contributed by atoms with van der Waals surface area (Å²) in [5.74, 6) is -0.178. The van der Waals surface area contributed by atoms with Gasteiger partial charge in [-0.2, -0.15) is 0 Å². The van der Waals surface area contributed by atoms with E-state index in [0.29, 0.717) is 13.2 Å². The van der Waals surface area contributed by atoms with Crippen LogP contribution in [0.2, 0.25) is 0 Å². The van der Waals surface area contributed by atoms with E-state index in [-0.39, 0.29) is 11.9 Å². The second kappa shape index (κ2) is 5.40. The van der Waals surface area contributed by atoms with Crippen molar-refractivity contribution in [1.29, 1.82) is 0 Å². The maximum atomic E-state index is 12.3. The average Bonchev–Trinajstić information content (AvgIpc) is 2.60. The third kappa shape index (κ3) is 2.46. The predicted octanol–water partition coefficient (Wildman–Crippen LogP) is 1.80. The maximum Gasteiger partial charge on any atom is 0.332 e. The number of rotatable bonds is 4. The minimum atomic E-state index is -0.466. The number of hydrogen-bond donors (Lipinski definition) is 0. The first-order chi connectivity index (χ1) is 9.06. The highest BCUT2D eigenvalue weighted by Crippen LogP contribution is 2.25. The first-order valence-corrected chi connectivity index (χ1v) is 6.26. The highest BCUT2D eigenvalue weighted by atomic mass is 16.5. The van der Waals surface area contributed by atoms with E-state index in [9.17, 15) is 9.59 Å². The molecule has 1 heterocycles. The van der Waals surface area contributed by atoms with Gasteiger partial charge in [0.1, 0.15) is 6.04 Å². The number of carbonyl (C=O) groups excluding carboxylic acids is 2. The number of imide groups is 1. The summed E-state index contributed by atoms with van der Waals surface area (Å²) in [5, 5.41) is 0. The summed E-state index contributed by atoms with van der Waals surface area (Å²) >= 11 is 0. The highest BCUT2D eigenvalue weighted by Gasteiger charge is 2.42. The zero-order valence-electron chi connectivity index (χ0n) is 11.4. The maximum absolute atomic E-state index is 12.3. The number of ether oxygens (including phenoxy) is 1. The fraction of sp³-hybridized carbons (Fsp3) is 0.429. The van der Waals surface area contributed by atoms with Gasteiger partial charge in [0.15, 0.2) is 0 Å². The van der Waals surface area contributed by atoms with E-state index in [2.05, 4.69) is 0 Å². The SMILES string of the molecule is COCCN1C(=O)C(C)N(c2ccc(C)cc2)C1=O. The van der Waals surface area contributed by atoms with E-state index in [0.717, 1.165) is 11.3 Å². The summed E-state index contributed by atoms with van der Waals surface area (Å²) in [6.45, 7) is 4.37. The Balaban J connectivity index is 2.24. The van der Waals surface area contributed by atoms with Gasteiger partial charge in [-0.1, -0.05) is 17.7 Å². The van der Waals surface area contributed by atoms with Crippen LogP contribution in [-0.4, -0.2) is 43.1 Å². The highest BCUT2D eigenvalue weighted by molar-refractivity contribution is 6.14. The van der Waals surface area contributed by atoms with Gasteiger partial charge in [-0.15, -0.1) is 0 Å². The van der Waals surface area contributed by atoms with Crippen LogP contribution in [0.1, 0.15) is 12.5 Å². The molecule has 0 aromatic heterocycles. The molecule has 1 aromatic carbocycles. The predicted molar refractivity (Wildman–Crippen MR) is 72.1 cm³/mol. The average molecular weight is 262 g/mol. The molecular weight excluding hydrogens is 244 g/mol. The van der Waals surface area contributed by atoms with E-state index in [4.69, 9.17) is 4.74 Å². The van der Waals surface area contributed by atoms with E-state index in [1.54, 1.807) is 14.0 Å². The molecule has 0 saturated carbocycles. The molecule has 1 aromatic rings. The summed E-state index contributed by atoms with van der Waals surface area (Å²) in [5.41, 5.74) is 1.86. The third-order valence-corrected chi connectivity index (χ3v) is 3.28. The summed E-state index contributed by atoms with van der Waals surface area (Å²) in [7, 11) is 1.55. The van der Waals surface area contributed by atoms with Gasteiger partial charge in [0.25, 0.3) is 5.91 Å². The normalized spacial score (nSPS) is 19.4. The Kier molecular flexibility index (Phi) is 3.85. The van der Waals surface area contributed by atoms with Crippen molar-refractivity contribution in [1.82, 2.24) is 4.90 Å². The fourth-order valence-corrected chi connectivity index (χ4v) is 2.15. The minimum absolute atomic E-state index is 0.178. The van der Waals surface area contributed by atoms with Gasteiger partial charge < -0.3 is 4.74 Å². The zero-order valence-corrected chi connectivity index (χ0v) is 11.4. The summed E-state index contributed by atoms with van der Waals surface area (Å²) in [6.07, 6.45) is 0. The summed E-state index contributed by atoms with van der Waals surface area (Å²) < 4.78 is 4.93. The molecule has 1 aliphatic rings. The van der Waals surface area contributed by atoms with Crippen LogP contribution >= 0.6 is 0 Å². The van der Waals surface area contributed by atoms with Crippen LogP contribution in [0, 0.1) is 6.92 Å². The van der Waals surface area contributed by atoms with Crippen molar-refractivity contribution in [2.45, 2.75) is 19.9 Å². The molecule has 0 N–H and O–H groups in total. The van der Waals surface area contributed by atoms with Crippen molar-refractivity contribution < 1.29 is 14.3 Å². The number of methoxy groups -OCH3 is 1. The molecule has 1 fully saturated rings. The molecule has 0 bridgehead atoms. The third-order valence-electron chi connectivity index (χ3n) is 3.28. The van der Waals surface area contributed by atoms with Gasteiger partial charge in [-0.3, -0.25) is 14.6 Å². The molecule has 1 aliphatic heterocycles. The van der Waals surface area contributed by atoms with E-state index < -0.39 is 6.04 Å². The number of nitrogens with zero attached hydrogens (tertiary/aromatic N) is 2. The molecule has 5 nitrogen and oxygen atoms in total. The van der Waals surface area contributed by atoms with Crippen LogP contribution < -0.4 is 4.90 Å². The molecule has 19 heavy (non-hydrogen) atoms. The zero-order chi connectivity index (χ0) is 14.0. The second-order valence-electron chi connectivity index (χ2n) is 4.65. The van der Waals surface area contributed by atoms with E-state index >= 15 is 0 Å². The van der Waals surface area contributed by atoms with Gasteiger partial charge in [0, 0.05) is 12.8 Å². The Labute approximate surface area is 112 Å². The van der Waals surface area contributed by atoms with Crippen molar-refractivity contribution in [3.8, 4) is 0 Å². The Morgan fingerprint density at radius 3 is 2.42 bits per heavy atom. The molecule has 3 amide bonds. The molecule has 1 unspecified atom stereocenters. The minimum Gasteiger partial charge on any atom is -0.383 e. The van der Waals surface area contributed by atoms with Crippen molar-refractivity contribution in [2.24, 2.45) is 0 Å². The van der Waals surface area contributed by atoms with Crippen LogP contribution in [0.4, 0.5) is 10.5 Å². The van der Waals surface area contributed by atoms with Crippen LogP contribution in [0.25, 0.3) is 0 Å². The van der Waals surface area contributed by atoms with Crippen LogP contribution in [0.15, 0.2) is 24.3 Å². The van der Waals surface area contributed by atoms with Crippen LogP contribution in [0.5, 0.6) is 0 Å². The summed E-state index contributed by atoms with van der Waals surface area (Å²) in [6, 6.07) is 6.83. The number of benzene rings is 1. The molecule has 1 atom stereocenters. The Morgan fingerprint density at radius 2 is 1.84 bits per heavy atom. The number of carbonyl (C=O) groups is 2. The fourth-order valence-electron chi connectivity index (χ4n) is 2.15. The van der Waals surface area contributed by atoms with Gasteiger partial charge >= 0.3 is 6.03 Å². The molecule has 0 aliphatic carbocycles. The molecule has 0 radical (unpaired) electrons. The number of hydrogen-bond acceptors (Lipinski definition) is 3. The quantitative estimate of drug-likeness (QED) is 0.777. The number of aryl methyl sites for hydroxylation is 1. The largest absolute Gasteiger partial charge is 0.383 e. The Morgan fingerprint density at radius 1 is 1.21 bits per heavy atom. The number of amides is 3. The Hall–Kier alpha value is -1.88. The lowest BCUT2D eigenvalue weighted by Crippen LogP contribution is -2.35. The molecule has 5 heteroatoms. The molecule has 102 valence electrons. The van der Waals surface area contributed by atoms with Gasteiger partial charge in [-0.05, 0) is 26.0 Å². The smallest absolute Gasteiger partial charge is 0.332 e. The molecule has 2 rings (SSSR count). The monoisotopic (exact) mass is 262 g/mol. The first kappa shape index (κ1) is 13.5. The summed E-state index contributed by atoms with van der Waals surface area (Å²) in [4.78, 5) is 27.1. The molecule has 1 saturated heterocycles. The first-order valence-electron chi connectivity index (χ1n) is 6.26. The van der Waals surface area contributed by atoms with Crippen LogP contribution in [0.3, 0.4) is 0 Å². The number of urea groups is 1. The molecular formula is C14H18N2O3. The molecule has 0 spiro atoms. The van der Waals surface area contributed by atoms with Crippen molar-refractivity contribution >= 4 is 17.6 Å². The van der Waals surface area contributed by atoms with Crippen molar-refractivity contribution in [2.75, 3.05) is 25.2 Å². The number of anilines is 1. The standard InChI is InChI=1S/C14H18N2O3/c1-10-4-6-12(7-5-10)16-11(2)13(17)15(14(16)18)8-9-19-3/h4-7,11H,8-9H2,1-3H3. The van der Waals surface area contributed by atoms with E-state index in [1.807, 2.05) is 31.2 Å². The van der Waals surface area contributed by atoms with Gasteiger partial charge in [0.2, 0.25) is 0 Å². The lowest BCUT2D eigenvalue weighted by atomic mass is 10.2. The second-order valence-corrected chi connectivity index (χ2v) is 4.65. The van der Waals surface area contributed by atoms with Gasteiger partial charge in [0.05, 0.1) is 13.2 Å². The van der Waals surface area contributed by atoms with Crippen molar-refractivity contribution in [3.63, 3.8) is 0 Å². The van der Waals surface area contributed by atoms with Crippen LogP contribution in [-0.2, 0) is 9.53 Å². The lowest BCUT2D eigenvalue weighted by molar-refractivity contribution is -0.127. The Bertz CT molecular complexity index is 484.